The number of nitrogens with one attached hydrogen (secondary N) is 2. The van der Waals surface area contributed by atoms with E-state index in [0.717, 1.165) is 6.07 Å². The summed E-state index contributed by atoms with van der Waals surface area (Å²) in [6.07, 6.45) is -3.32. The molecule has 0 unspecified atom stereocenters. The number of halogens is 4. The molecule has 3 aromatic carbocycles. The third-order valence-electron chi connectivity index (χ3n) is 6.93. The zero-order valence-electron chi connectivity index (χ0n) is 21.5. The van der Waals surface area contributed by atoms with Gasteiger partial charge in [0.2, 0.25) is 0 Å². The maximum absolute atomic E-state index is 14.1. The Kier molecular flexibility index (Phi) is 7.36. The average Bonchev–Trinajstić information content (AvgIpc) is 3.28. The largest absolute Gasteiger partial charge is 0.416 e. The lowest BCUT2D eigenvalue weighted by Crippen LogP contribution is -2.47. The van der Waals surface area contributed by atoms with Gasteiger partial charge in [-0.25, -0.2) is 9.18 Å². The van der Waals surface area contributed by atoms with Gasteiger partial charge in [-0.05, 0) is 41.5 Å². The van der Waals surface area contributed by atoms with E-state index in [-0.39, 0.29) is 35.6 Å². The molecule has 0 radical (unpaired) electrons. The lowest BCUT2D eigenvalue weighted by Gasteiger charge is -2.33. The number of nitrogens with zero attached hydrogens (tertiary/aromatic N) is 2. The van der Waals surface area contributed by atoms with Gasteiger partial charge in [-0.3, -0.25) is 14.5 Å². The van der Waals surface area contributed by atoms with Crippen LogP contribution in [0.25, 0.3) is 0 Å². The highest BCUT2D eigenvalue weighted by molar-refractivity contribution is 6.05. The maximum Gasteiger partial charge on any atom is 0.416 e. The molecule has 7 nitrogen and oxygen atoms in total. The summed E-state index contributed by atoms with van der Waals surface area (Å²) in [6.45, 7) is 3.40. The molecule has 2 N–H and O–H groups in total. The third kappa shape index (κ3) is 5.30. The van der Waals surface area contributed by atoms with Crippen molar-refractivity contribution in [1.82, 2.24) is 15.1 Å². The molecule has 0 saturated heterocycles. The van der Waals surface area contributed by atoms with Gasteiger partial charge >= 0.3 is 12.2 Å². The summed E-state index contributed by atoms with van der Waals surface area (Å²) in [4.78, 5) is 43.4. The van der Waals surface area contributed by atoms with Crippen molar-refractivity contribution in [2.24, 2.45) is 0 Å². The molecule has 11 heteroatoms. The molecule has 0 aromatic heterocycles. The highest BCUT2D eigenvalue weighted by Gasteiger charge is 2.49. The van der Waals surface area contributed by atoms with Crippen molar-refractivity contribution in [3.8, 4) is 0 Å². The molecule has 210 valence electrons. The summed E-state index contributed by atoms with van der Waals surface area (Å²) in [5.74, 6) is -1.84. The van der Waals surface area contributed by atoms with E-state index in [1.807, 2.05) is 0 Å². The lowest BCUT2D eigenvalue weighted by atomic mass is 9.91. The molecule has 2 aliphatic heterocycles. The molecule has 5 rings (SSSR count). The monoisotopic (exact) mass is 564 g/mol. The minimum absolute atomic E-state index is 0.0167. The van der Waals surface area contributed by atoms with Gasteiger partial charge in [0.15, 0.2) is 0 Å². The highest BCUT2D eigenvalue weighted by Crippen LogP contribution is 2.43. The number of rotatable bonds is 7. The molecule has 0 fully saturated rings. The van der Waals surface area contributed by atoms with Crippen LogP contribution in [0.2, 0.25) is 0 Å². The van der Waals surface area contributed by atoms with E-state index in [0.29, 0.717) is 5.56 Å². The molecule has 2 heterocycles. The minimum Gasteiger partial charge on any atom is -0.326 e. The number of urea groups is 1. The predicted molar refractivity (Wildman–Crippen MR) is 143 cm³/mol. The first-order valence-electron chi connectivity index (χ1n) is 12.6. The summed E-state index contributed by atoms with van der Waals surface area (Å²) < 4.78 is 55.4. The Morgan fingerprint density at radius 1 is 1.02 bits per heavy atom. The van der Waals surface area contributed by atoms with E-state index in [1.54, 1.807) is 30.3 Å². The molecule has 0 saturated carbocycles. The van der Waals surface area contributed by atoms with Crippen LogP contribution >= 0.6 is 0 Å². The quantitative estimate of drug-likeness (QED) is 0.291. The minimum atomic E-state index is -4.75. The van der Waals surface area contributed by atoms with Gasteiger partial charge in [0, 0.05) is 12.2 Å². The third-order valence-corrected chi connectivity index (χ3v) is 6.93. The smallest absolute Gasteiger partial charge is 0.326 e. The SMILES string of the molecule is C=CCN1C(=O)N[C@H](c2ccccc2C(F)(F)F)C2=C1CN([C@@H](C(=O)Nc1ccc(F)cc1)c1ccccc1)C2=O. The summed E-state index contributed by atoms with van der Waals surface area (Å²) in [6, 6.07) is 14.8. The van der Waals surface area contributed by atoms with Crippen molar-refractivity contribution in [2.75, 3.05) is 18.4 Å². The van der Waals surface area contributed by atoms with Crippen LogP contribution in [-0.2, 0) is 15.8 Å². The Morgan fingerprint density at radius 2 is 1.68 bits per heavy atom. The number of hydrogen-bond donors (Lipinski definition) is 2. The van der Waals surface area contributed by atoms with Gasteiger partial charge in [0.1, 0.15) is 11.9 Å². The van der Waals surface area contributed by atoms with Crippen molar-refractivity contribution in [2.45, 2.75) is 18.3 Å². The highest BCUT2D eigenvalue weighted by atomic mass is 19.4. The molecule has 3 aromatic rings. The van der Waals surface area contributed by atoms with E-state index >= 15 is 0 Å². The molecule has 0 spiro atoms. The van der Waals surface area contributed by atoms with E-state index in [1.165, 1.54) is 58.3 Å². The molecule has 4 amide bonds. The first kappa shape index (κ1) is 27.6. The Labute approximate surface area is 232 Å². The zero-order chi connectivity index (χ0) is 29.3. The standard InChI is InChI=1S/C30H24F4N4O3/c1-2-16-37-23-17-38(26(18-8-4-3-5-9-18)27(39)35-20-14-12-19(31)13-15-20)28(40)24(23)25(36-29(37)41)21-10-6-7-11-22(21)30(32,33)34/h2-15,25-26H,1,16-17H2,(H,35,39)(H,36,41)/t25-,26-/m1/s1. The first-order chi connectivity index (χ1) is 19.6. The van der Waals surface area contributed by atoms with Crippen molar-refractivity contribution in [3.05, 3.63) is 125 Å². The van der Waals surface area contributed by atoms with E-state index in [4.69, 9.17) is 0 Å². The zero-order valence-corrected chi connectivity index (χ0v) is 21.5. The summed E-state index contributed by atoms with van der Waals surface area (Å²) in [7, 11) is 0. The van der Waals surface area contributed by atoms with Crippen LogP contribution in [0.15, 0.2) is 103 Å². The van der Waals surface area contributed by atoms with Crippen LogP contribution in [0.1, 0.15) is 28.8 Å². The molecular weight excluding hydrogens is 540 g/mol. The molecule has 0 bridgehead atoms. The maximum atomic E-state index is 14.1. The fourth-order valence-electron chi connectivity index (χ4n) is 5.14. The fourth-order valence-corrected chi connectivity index (χ4v) is 5.14. The van der Waals surface area contributed by atoms with Crippen LogP contribution in [0.3, 0.4) is 0 Å². The van der Waals surface area contributed by atoms with Gasteiger partial charge in [0.05, 0.1) is 29.4 Å². The second kappa shape index (κ2) is 10.9. The van der Waals surface area contributed by atoms with E-state index in [2.05, 4.69) is 17.2 Å². The van der Waals surface area contributed by atoms with Crippen LogP contribution in [0.4, 0.5) is 28.0 Å². The first-order valence-corrected chi connectivity index (χ1v) is 12.6. The van der Waals surface area contributed by atoms with Crippen molar-refractivity contribution in [3.63, 3.8) is 0 Å². The van der Waals surface area contributed by atoms with Crippen LogP contribution in [0, 0.1) is 5.82 Å². The van der Waals surface area contributed by atoms with Crippen LogP contribution in [0.5, 0.6) is 0 Å². The summed E-state index contributed by atoms with van der Waals surface area (Å²) in [5.41, 5.74) is -0.462. The van der Waals surface area contributed by atoms with Gasteiger partial charge in [-0.2, -0.15) is 13.2 Å². The Hall–Kier alpha value is -4.93. The lowest BCUT2D eigenvalue weighted by molar-refractivity contribution is -0.138. The Balaban J connectivity index is 1.59. The van der Waals surface area contributed by atoms with Crippen LogP contribution in [-0.4, -0.2) is 40.7 Å². The molecule has 2 atom stereocenters. The topological polar surface area (TPSA) is 81.8 Å². The number of hydrogen-bond acceptors (Lipinski definition) is 3. The molecule has 0 aliphatic carbocycles. The van der Waals surface area contributed by atoms with Gasteiger partial charge in [-0.1, -0.05) is 54.6 Å². The Bertz CT molecular complexity index is 1540. The second-order valence-electron chi connectivity index (χ2n) is 9.47. The van der Waals surface area contributed by atoms with Crippen molar-refractivity contribution < 1.29 is 31.9 Å². The van der Waals surface area contributed by atoms with Gasteiger partial charge in [0.25, 0.3) is 11.8 Å². The molecular formula is C30H24F4N4O3. The van der Waals surface area contributed by atoms with Crippen molar-refractivity contribution >= 4 is 23.5 Å². The van der Waals surface area contributed by atoms with Gasteiger partial charge < -0.3 is 15.5 Å². The number of amides is 4. The fraction of sp³-hybridized carbons (Fsp3) is 0.167. The molecule has 2 aliphatic rings. The average molecular weight is 565 g/mol. The van der Waals surface area contributed by atoms with Crippen molar-refractivity contribution in [1.29, 1.82) is 0 Å². The number of benzene rings is 3. The second-order valence-corrected chi connectivity index (χ2v) is 9.47. The number of carbonyl (C=O) groups is 3. The normalized spacial score (nSPS) is 17.7. The van der Waals surface area contributed by atoms with Crippen LogP contribution < -0.4 is 10.6 Å². The predicted octanol–water partition coefficient (Wildman–Crippen LogP) is 5.57. The molecule has 41 heavy (non-hydrogen) atoms. The Morgan fingerprint density at radius 3 is 2.34 bits per heavy atom. The van der Waals surface area contributed by atoms with E-state index < -0.39 is 47.5 Å². The van der Waals surface area contributed by atoms with E-state index in [9.17, 15) is 31.9 Å². The number of alkyl halides is 3. The number of anilines is 1. The van der Waals surface area contributed by atoms with Gasteiger partial charge in [-0.15, -0.1) is 6.58 Å². The summed E-state index contributed by atoms with van der Waals surface area (Å²) in [5, 5.41) is 5.24. The summed E-state index contributed by atoms with van der Waals surface area (Å²) >= 11 is 0. The number of carbonyl (C=O) groups excluding carboxylic acids is 3.